The molecule has 4 nitrogen and oxygen atoms in total. The van der Waals surface area contributed by atoms with Gasteiger partial charge in [-0.15, -0.1) is 0 Å². The summed E-state index contributed by atoms with van der Waals surface area (Å²) >= 11 is 0. The Bertz CT molecular complexity index is 629. The normalized spacial score (nSPS) is 23.8. The van der Waals surface area contributed by atoms with Crippen LogP contribution in [0, 0.1) is 5.41 Å². The molecule has 0 radical (unpaired) electrons. The van der Waals surface area contributed by atoms with Gasteiger partial charge >= 0.3 is 0 Å². The number of rotatable bonds is 3. The van der Waals surface area contributed by atoms with Crippen LogP contribution in [-0.4, -0.2) is 41.2 Å². The zero-order valence-corrected chi connectivity index (χ0v) is 14.3. The van der Waals surface area contributed by atoms with Crippen LogP contribution in [0.3, 0.4) is 0 Å². The molecule has 4 rings (SSSR count). The van der Waals surface area contributed by atoms with Crippen LogP contribution in [-0.2, 0) is 22.6 Å². The summed E-state index contributed by atoms with van der Waals surface area (Å²) in [4.78, 5) is 28.9. The summed E-state index contributed by atoms with van der Waals surface area (Å²) in [5, 5.41) is 0. The molecule has 1 aliphatic carbocycles. The van der Waals surface area contributed by atoms with Gasteiger partial charge in [0.15, 0.2) is 0 Å². The van der Waals surface area contributed by atoms with Crippen LogP contribution < -0.4 is 0 Å². The number of hydrogen-bond acceptors (Lipinski definition) is 3. The molecule has 1 saturated carbocycles. The van der Waals surface area contributed by atoms with E-state index in [1.165, 1.54) is 28.9 Å². The number of carbonyl (C=O) groups is 2. The van der Waals surface area contributed by atoms with Gasteiger partial charge in [0, 0.05) is 39.0 Å². The Kier molecular flexibility index (Phi) is 4.17. The third kappa shape index (κ3) is 3.00. The second-order valence-corrected chi connectivity index (χ2v) is 7.79. The molecule has 2 fully saturated rings. The monoisotopic (exact) mass is 326 g/mol. The smallest absolute Gasteiger partial charge is 0.229 e. The first kappa shape index (κ1) is 15.8. The lowest BCUT2D eigenvalue weighted by Gasteiger charge is -2.38. The van der Waals surface area contributed by atoms with Gasteiger partial charge in [-0.2, -0.15) is 0 Å². The number of benzene rings is 1. The van der Waals surface area contributed by atoms with Crippen molar-refractivity contribution in [3.05, 3.63) is 35.4 Å². The summed E-state index contributed by atoms with van der Waals surface area (Å²) in [5.74, 6) is 0.121. The summed E-state index contributed by atoms with van der Waals surface area (Å²) in [5.41, 5.74) is 2.82. The van der Waals surface area contributed by atoms with Crippen molar-refractivity contribution in [3.63, 3.8) is 0 Å². The molecule has 3 aliphatic rings. The molecule has 4 heteroatoms. The zero-order chi connectivity index (χ0) is 16.6. The van der Waals surface area contributed by atoms with Crippen LogP contribution in [0.5, 0.6) is 0 Å². The summed E-state index contributed by atoms with van der Waals surface area (Å²) in [6, 6.07) is 8.56. The van der Waals surface area contributed by atoms with Crippen LogP contribution in [0.25, 0.3) is 0 Å². The number of hydrogen-bond donors (Lipinski definition) is 0. The molecule has 0 bridgehead atoms. The van der Waals surface area contributed by atoms with Crippen LogP contribution in [0.15, 0.2) is 24.3 Å². The lowest BCUT2D eigenvalue weighted by Crippen LogP contribution is -2.50. The average Bonchev–Trinajstić information content (AvgIpc) is 3.01. The number of piperidine rings is 1. The van der Waals surface area contributed by atoms with E-state index in [4.69, 9.17) is 0 Å². The fourth-order valence-corrected chi connectivity index (χ4v) is 4.75. The van der Waals surface area contributed by atoms with Crippen molar-refractivity contribution < 1.29 is 9.59 Å². The average molecular weight is 326 g/mol. The van der Waals surface area contributed by atoms with Crippen molar-refractivity contribution in [1.29, 1.82) is 0 Å². The number of carbonyl (C=O) groups excluding carboxylic acids is 2. The maximum Gasteiger partial charge on any atom is 0.229 e. The molecule has 0 N–H and O–H groups in total. The van der Waals surface area contributed by atoms with Gasteiger partial charge < -0.3 is 0 Å². The Morgan fingerprint density at radius 2 is 1.58 bits per heavy atom. The molecule has 0 aromatic heterocycles. The van der Waals surface area contributed by atoms with Gasteiger partial charge in [0.05, 0.1) is 0 Å². The van der Waals surface area contributed by atoms with Crippen molar-refractivity contribution in [2.75, 3.05) is 19.6 Å². The highest BCUT2D eigenvalue weighted by Crippen LogP contribution is 2.46. The molecule has 2 heterocycles. The van der Waals surface area contributed by atoms with E-state index in [9.17, 15) is 9.59 Å². The highest BCUT2D eigenvalue weighted by atomic mass is 16.2. The van der Waals surface area contributed by atoms with Gasteiger partial charge in [-0.3, -0.25) is 19.4 Å². The maximum absolute atomic E-state index is 12.5. The van der Waals surface area contributed by atoms with Crippen molar-refractivity contribution >= 4 is 11.8 Å². The van der Waals surface area contributed by atoms with Crippen molar-refractivity contribution in [3.8, 4) is 0 Å². The summed E-state index contributed by atoms with van der Waals surface area (Å²) in [7, 11) is 0. The number of nitrogens with zero attached hydrogens (tertiary/aromatic N) is 2. The molecular weight excluding hydrogens is 300 g/mol. The van der Waals surface area contributed by atoms with E-state index in [1.54, 1.807) is 0 Å². The quantitative estimate of drug-likeness (QED) is 0.802. The summed E-state index contributed by atoms with van der Waals surface area (Å²) in [6.45, 7) is 3.28. The Morgan fingerprint density at radius 1 is 0.917 bits per heavy atom. The first-order valence-corrected chi connectivity index (χ1v) is 9.28. The molecule has 128 valence electrons. The van der Waals surface area contributed by atoms with Crippen molar-refractivity contribution in [2.24, 2.45) is 5.41 Å². The largest absolute Gasteiger partial charge is 0.297 e. The van der Waals surface area contributed by atoms with Crippen molar-refractivity contribution in [1.82, 2.24) is 9.80 Å². The van der Waals surface area contributed by atoms with Gasteiger partial charge in [-0.05, 0) is 35.8 Å². The van der Waals surface area contributed by atoms with Gasteiger partial charge in [0.2, 0.25) is 11.8 Å². The highest BCUT2D eigenvalue weighted by molar-refractivity contribution is 5.98. The number of imide groups is 1. The summed E-state index contributed by atoms with van der Waals surface area (Å²) in [6.07, 6.45) is 6.69. The molecular formula is C20H26N2O2. The molecule has 1 saturated heterocycles. The number of fused-ring (bicyclic) bond motifs is 1. The third-order valence-electron chi connectivity index (χ3n) is 6.17. The zero-order valence-electron chi connectivity index (χ0n) is 14.3. The molecule has 1 aromatic rings. The molecule has 0 atom stereocenters. The topological polar surface area (TPSA) is 40.6 Å². The van der Waals surface area contributed by atoms with Crippen LogP contribution in [0.4, 0.5) is 0 Å². The Hall–Kier alpha value is -1.68. The predicted molar refractivity (Wildman–Crippen MR) is 92.3 cm³/mol. The summed E-state index contributed by atoms with van der Waals surface area (Å²) < 4.78 is 0. The van der Waals surface area contributed by atoms with Crippen LogP contribution in [0.1, 0.15) is 49.7 Å². The van der Waals surface area contributed by atoms with Crippen LogP contribution >= 0.6 is 0 Å². The second-order valence-electron chi connectivity index (χ2n) is 7.79. The standard InChI is InChI=1S/C20H26N2O2/c23-18-13-20(8-3-4-9-20)14-19(24)22(18)12-11-21-10-7-16-5-1-2-6-17(16)15-21/h1-2,5-6H,3-4,7-15H2. The fraction of sp³-hybridized carbons (Fsp3) is 0.600. The molecule has 0 unspecified atom stereocenters. The van der Waals surface area contributed by atoms with E-state index in [-0.39, 0.29) is 17.2 Å². The SMILES string of the molecule is O=C1CC2(CCCC2)CC(=O)N1CCN1CCc2ccccc2C1. The van der Waals surface area contributed by atoms with E-state index in [1.807, 2.05) is 0 Å². The second kappa shape index (κ2) is 6.32. The maximum atomic E-state index is 12.5. The minimum atomic E-state index is 0.00866. The third-order valence-corrected chi connectivity index (χ3v) is 6.17. The Morgan fingerprint density at radius 3 is 2.29 bits per heavy atom. The van der Waals surface area contributed by atoms with Gasteiger partial charge in [-0.1, -0.05) is 37.1 Å². The number of amides is 2. The van der Waals surface area contributed by atoms with Gasteiger partial charge in [0.25, 0.3) is 0 Å². The minimum Gasteiger partial charge on any atom is -0.297 e. The lowest BCUT2D eigenvalue weighted by atomic mass is 9.76. The fourth-order valence-electron chi connectivity index (χ4n) is 4.75. The van der Waals surface area contributed by atoms with Gasteiger partial charge in [0.1, 0.15) is 0 Å². The van der Waals surface area contributed by atoms with Crippen molar-refractivity contribution in [2.45, 2.75) is 51.5 Å². The highest BCUT2D eigenvalue weighted by Gasteiger charge is 2.44. The molecule has 2 aliphatic heterocycles. The first-order valence-electron chi connectivity index (χ1n) is 9.28. The van der Waals surface area contributed by atoms with E-state index >= 15 is 0 Å². The predicted octanol–water partition coefficient (Wildman–Crippen LogP) is 2.75. The number of likely N-dealkylation sites (tertiary alicyclic amines) is 1. The Labute approximate surface area is 143 Å². The van der Waals surface area contributed by atoms with E-state index in [0.29, 0.717) is 19.4 Å². The Balaban J connectivity index is 1.35. The molecule has 24 heavy (non-hydrogen) atoms. The van der Waals surface area contributed by atoms with E-state index < -0.39 is 0 Å². The van der Waals surface area contributed by atoms with E-state index in [2.05, 4.69) is 29.2 Å². The molecule has 1 aromatic carbocycles. The van der Waals surface area contributed by atoms with Gasteiger partial charge in [-0.25, -0.2) is 0 Å². The molecule has 1 spiro atoms. The first-order chi connectivity index (χ1) is 11.7. The van der Waals surface area contributed by atoms with E-state index in [0.717, 1.165) is 38.9 Å². The lowest BCUT2D eigenvalue weighted by molar-refractivity contribution is -0.153. The van der Waals surface area contributed by atoms with Crippen LogP contribution in [0.2, 0.25) is 0 Å². The minimum absolute atomic E-state index is 0.00866. The molecule has 2 amide bonds.